The molecule has 0 aliphatic rings. The monoisotopic (exact) mass is 262 g/mol. The van der Waals surface area contributed by atoms with E-state index in [0.717, 1.165) is 0 Å². The normalized spacial score (nSPS) is 13.4. The van der Waals surface area contributed by atoms with Gasteiger partial charge in [0.1, 0.15) is 5.15 Å². The molecule has 0 amide bonds. The molecule has 0 radical (unpaired) electrons. The van der Waals surface area contributed by atoms with E-state index in [4.69, 9.17) is 16.9 Å². The van der Waals surface area contributed by atoms with Crippen LogP contribution in [0.3, 0.4) is 0 Å². The second-order valence-electron chi connectivity index (χ2n) is 3.33. The highest BCUT2D eigenvalue weighted by atomic mass is 35.5. The smallest absolute Gasteiger partial charge is 0.261 e. The Kier molecular flexibility index (Phi) is 3.91. The third-order valence-corrected chi connectivity index (χ3v) is 3.80. The number of aromatic nitrogens is 2. The molecule has 0 aliphatic carbocycles. The number of nitriles is 1. The molecular weight excluding hydrogens is 252 g/mol. The van der Waals surface area contributed by atoms with Crippen LogP contribution in [0.1, 0.15) is 6.92 Å². The van der Waals surface area contributed by atoms with Gasteiger partial charge in [-0.05, 0) is 6.92 Å². The molecule has 0 bridgehead atoms. The maximum absolute atomic E-state index is 11.7. The molecule has 88 valence electrons. The minimum Gasteiger partial charge on any atom is -0.324 e. The molecule has 0 saturated heterocycles. The van der Waals surface area contributed by atoms with E-state index in [1.165, 1.54) is 10.9 Å². The summed E-state index contributed by atoms with van der Waals surface area (Å²) in [5, 5.41) is 8.35. The molecule has 1 rings (SSSR count). The van der Waals surface area contributed by atoms with E-state index in [1.54, 1.807) is 14.0 Å². The zero-order valence-electron chi connectivity index (χ0n) is 8.81. The van der Waals surface area contributed by atoms with Crippen LogP contribution in [-0.2, 0) is 17.1 Å². The van der Waals surface area contributed by atoms with E-state index in [2.05, 4.69) is 9.71 Å². The molecule has 0 spiro atoms. The van der Waals surface area contributed by atoms with Gasteiger partial charge in [-0.1, -0.05) is 11.6 Å². The molecule has 0 fully saturated rings. The summed E-state index contributed by atoms with van der Waals surface area (Å²) in [5.74, 6) is -0.405. The van der Waals surface area contributed by atoms with Crippen molar-refractivity contribution in [3.63, 3.8) is 0 Å². The Hall–Kier alpha value is -1.10. The van der Waals surface area contributed by atoms with Gasteiger partial charge in [-0.2, -0.15) is 5.26 Å². The van der Waals surface area contributed by atoms with Crippen LogP contribution in [0.5, 0.6) is 0 Å². The van der Waals surface area contributed by atoms with Crippen molar-refractivity contribution in [1.29, 1.82) is 5.26 Å². The fourth-order valence-electron chi connectivity index (χ4n) is 0.923. The topological polar surface area (TPSA) is 87.8 Å². The van der Waals surface area contributed by atoms with Crippen LogP contribution in [-0.4, -0.2) is 24.5 Å². The molecule has 0 saturated carbocycles. The molecule has 1 heterocycles. The summed E-state index contributed by atoms with van der Waals surface area (Å²) in [6, 6.07) is 1.92. The number of nitrogens with zero attached hydrogens (tertiary/aromatic N) is 3. The van der Waals surface area contributed by atoms with E-state index in [-0.39, 0.29) is 16.7 Å². The summed E-state index contributed by atoms with van der Waals surface area (Å²) in [7, 11) is -2.15. The number of halogens is 1. The van der Waals surface area contributed by atoms with E-state index < -0.39 is 15.9 Å². The number of imidazole rings is 1. The highest BCUT2D eigenvalue weighted by Crippen LogP contribution is 2.18. The van der Waals surface area contributed by atoms with Crippen molar-refractivity contribution in [2.75, 3.05) is 6.54 Å². The molecular formula is C8H11ClN4O2S. The minimum absolute atomic E-state index is 0.0335. The average molecular weight is 263 g/mol. The Morgan fingerprint density at radius 2 is 2.38 bits per heavy atom. The summed E-state index contributed by atoms with van der Waals surface area (Å²) in [5.41, 5.74) is 0. The molecule has 0 aliphatic heterocycles. The van der Waals surface area contributed by atoms with Gasteiger partial charge in [0.05, 0.1) is 18.3 Å². The Morgan fingerprint density at radius 1 is 1.75 bits per heavy atom. The van der Waals surface area contributed by atoms with Crippen molar-refractivity contribution >= 4 is 21.6 Å². The Labute approximate surface area is 98.9 Å². The van der Waals surface area contributed by atoms with Crippen LogP contribution >= 0.6 is 11.6 Å². The SMILES string of the molecule is CC(C#N)CNS(=O)(=O)c1ncn(C)c1Cl. The van der Waals surface area contributed by atoms with Gasteiger partial charge in [-0.3, -0.25) is 0 Å². The molecule has 1 aromatic rings. The van der Waals surface area contributed by atoms with E-state index >= 15 is 0 Å². The van der Waals surface area contributed by atoms with Crippen molar-refractivity contribution in [3.8, 4) is 6.07 Å². The lowest BCUT2D eigenvalue weighted by Crippen LogP contribution is -2.28. The molecule has 1 N–H and O–H groups in total. The number of sulfonamides is 1. The van der Waals surface area contributed by atoms with Crippen molar-refractivity contribution in [2.45, 2.75) is 11.9 Å². The molecule has 1 atom stereocenters. The van der Waals surface area contributed by atoms with Crippen LogP contribution in [0, 0.1) is 17.2 Å². The predicted octanol–water partition coefficient (Wildman–Crippen LogP) is 0.511. The van der Waals surface area contributed by atoms with Crippen LogP contribution in [0.4, 0.5) is 0 Å². The van der Waals surface area contributed by atoms with E-state index in [1.807, 2.05) is 6.07 Å². The van der Waals surface area contributed by atoms with Gasteiger partial charge in [0, 0.05) is 13.6 Å². The lowest BCUT2D eigenvalue weighted by atomic mass is 10.2. The van der Waals surface area contributed by atoms with Gasteiger partial charge < -0.3 is 4.57 Å². The molecule has 6 nitrogen and oxygen atoms in total. The zero-order valence-corrected chi connectivity index (χ0v) is 10.4. The van der Waals surface area contributed by atoms with Gasteiger partial charge in [-0.25, -0.2) is 18.1 Å². The Bertz CT molecular complexity index is 517. The number of hydrogen-bond donors (Lipinski definition) is 1. The third-order valence-electron chi connectivity index (χ3n) is 1.89. The largest absolute Gasteiger partial charge is 0.324 e. The maximum Gasteiger partial charge on any atom is 0.261 e. The van der Waals surface area contributed by atoms with Gasteiger partial charge in [0.15, 0.2) is 0 Å². The highest BCUT2D eigenvalue weighted by Gasteiger charge is 2.22. The second-order valence-corrected chi connectivity index (χ2v) is 5.37. The van der Waals surface area contributed by atoms with Gasteiger partial charge in [0.25, 0.3) is 10.0 Å². The Morgan fingerprint density at radius 3 is 2.81 bits per heavy atom. The predicted molar refractivity (Wildman–Crippen MR) is 58.2 cm³/mol. The summed E-state index contributed by atoms with van der Waals surface area (Å²) in [6.07, 6.45) is 1.31. The first kappa shape index (κ1) is 13.0. The summed E-state index contributed by atoms with van der Waals surface area (Å²) >= 11 is 5.76. The van der Waals surface area contributed by atoms with Crippen LogP contribution in [0.25, 0.3) is 0 Å². The lowest BCUT2D eigenvalue weighted by molar-refractivity contribution is 0.569. The first-order valence-electron chi connectivity index (χ1n) is 4.44. The zero-order chi connectivity index (χ0) is 12.3. The molecule has 16 heavy (non-hydrogen) atoms. The molecule has 1 aromatic heterocycles. The van der Waals surface area contributed by atoms with Gasteiger partial charge >= 0.3 is 0 Å². The number of hydrogen-bond acceptors (Lipinski definition) is 4. The van der Waals surface area contributed by atoms with Crippen LogP contribution in [0.15, 0.2) is 11.4 Å². The van der Waals surface area contributed by atoms with Crippen molar-refractivity contribution < 1.29 is 8.42 Å². The van der Waals surface area contributed by atoms with Crippen molar-refractivity contribution in [1.82, 2.24) is 14.3 Å². The average Bonchev–Trinajstić information content (AvgIpc) is 2.57. The summed E-state index contributed by atoms with van der Waals surface area (Å²) in [4.78, 5) is 3.69. The number of aryl methyl sites for hydroxylation is 1. The second kappa shape index (κ2) is 4.82. The fourth-order valence-corrected chi connectivity index (χ4v) is 2.48. The Balaban J connectivity index is 2.88. The van der Waals surface area contributed by atoms with Crippen LogP contribution in [0.2, 0.25) is 5.15 Å². The van der Waals surface area contributed by atoms with Gasteiger partial charge in [0.2, 0.25) is 5.03 Å². The number of rotatable bonds is 4. The first-order valence-corrected chi connectivity index (χ1v) is 6.30. The van der Waals surface area contributed by atoms with E-state index in [0.29, 0.717) is 0 Å². The number of nitrogens with one attached hydrogen (secondary N) is 1. The van der Waals surface area contributed by atoms with Crippen molar-refractivity contribution in [3.05, 3.63) is 11.5 Å². The molecule has 0 aromatic carbocycles. The standard InChI is InChI=1S/C8H11ClN4O2S/c1-6(3-10)4-12-16(14,15)8-7(9)13(2)5-11-8/h5-6,12H,4H2,1-2H3. The first-order chi connectivity index (χ1) is 7.38. The molecule has 1 unspecified atom stereocenters. The maximum atomic E-state index is 11.7. The molecule has 8 heteroatoms. The fraction of sp³-hybridized carbons (Fsp3) is 0.500. The van der Waals surface area contributed by atoms with Gasteiger partial charge in [-0.15, -0.1) is 0 Å². The summed E-state index contributed by atoms with van der Waals surface area (Å²) < 4.78 is 27.1. The quantitative estimate of drug-likeness (QED) is 0.856. The van der Waals surface area contributed by atoms with Crippen LogP contribution < -0.4 is 4.72 Å². The van der Waals surface area contributed by atoms with Crippen molar-refractivity contribution in [2.24, 2.45) is 13.0 Å². The minimum atomic E-state index is -3.74. The lowest BCUT2D eigenvalue weighted by Gasteiger charge is -2.05. The third kappa shape index (κ3) is 2.72. The highest BCUT2D eigenvalue weighted by molar-refractivity contribution is 7.89. The summed E-state index contributed by atoms with van der Waals surface area (Å²) in [6.45, 7) is 1.65. The van der Waals surface area contributed by atoms with E-state index in [9.17, 15) is 8.42 Å².